The summed E-state index contributed by atoms with van der Waals surface area (Å²) in [6, 6.07) is 26.3. The standard InChI is InChI=1S/C31H27N3O2S2/c1-19-13-14-20(2)26(15-19)34-30(36)29-24(17-27(38-29)22-9-5-4-6-10-22)32-31(34)37-18-28(35)33-21(3)16-23-11-7-8-12-25(23)33/h4-15,17,21H,16,18H2,1-3H3. The van der Waals surface area contributed by atoms with E-state index in [0.29, 0.717) is 15.4 Å². The van der Waals surface area contributed by atoms with Crippen LogP contribution in [0.4, 0.5) is 5.69 Å². The molecule has 0 aliphatic carbocycles. The number of aryl methyl sites for hydroxylation is 2. The molecular weight excluding hydrogens is 510 g/mol. The molecule has 190 valence electrons. The molecular formula is C31H27N3O2S2. The number of thiophene rings is 1. The van der Waals surface area contributed by atoms with Gasteiger partial charge < -0.3 is 4.90 Å². The van der Waals surface area contributed by atoms with Gasteiger partial charge in [-0.05, 0) is 67.6 Å². The Kier molecular flexibility index (Phi) is 6.41. The molecule has 3 heterocycles. The third-order valence-corrected chi connectivity index (χ3v) is 9.07. The van der Waals surface area contributed by atoms with Crippen LogP contribution in [0.15, 0.2) is 88.8 Å². The number of thioether (sulfide) groups is 1. The first kappa shape index (κ1) is 24.6. The van der Waals surface area contributed by atoms with Crippen molar-refractivity contribution >= 4 is 44.9 Å². The first-order valence-corrected chi connectivity index (χ1v) is 14.4. The minimum absolute atomic E-state index is 0.0182. The lowest BCUT2D eigenvalue weighted by molar-refractivity contribution is -0.116. The van der Waals surface area contributed by atoms with Crippen LogP contribution in [-0.2, 0) is 11.2 Å². The van der Waals surface area contributed by atoms with E-state index in [2.05, 4.69) is 13.0 Å². The highest BCUT2D eigenvalue weighted by Crippen LogP contribution is 2.35. The molecule has 3 aromatic carbocycles. The van der Waals surface area contributed by atoms with E-state index in [1.807, 2.05) is 91.5 Å². The molecule has 6 rings (SSSR count). The molecule has 0 fully saturated rings. The largest absolute Gasteiger partial charge is 0.308 e. The number of anilines is 1. The van der Waals surface area contributed by atoms with Crippen molar-refractivity contribution < 1.29 is 4.79 Å². The summed E-state index contributed by atoms with van der Waals surface area (Å²) in [6.07, 6.45) is 0.848. The normalized spacial score (nSPS) is 14.7. The van der Waals surface area contributed by atoms with Crippen LogP contribution in [0.25, 0.3) is 26.3 Å². The Bertz CT molecular complexity index is 1740. The smallest absolute Gasteiger partial charge is 0.276 e. The van der Waals surface area contributed by atoms with Gasteiger partial charge in [-0.15, -0.1) is 11.3 Å². The van der Waals surface area contributed by atoms with E-state index in [1.54, 1.807) is 4.57 Å². The van der Waals surface area contributed by atoms with Crippen molar-refractivity contribution in [3.8, 4) is 16.1 Å². The Balaban J connectivity index is 1.43. The predicted octanol–water partition coefficient (Wildman–Crippen LogP) is 6.80. The monoisotopic (exact) mass is 537 g/mol. The average molecular weight is 538 g/mol. The first-order chi connectivity index (χ1) is 18.4. The fraction of sp³-hybridized carbons (Fsp3) is 0.194. The summed E-state index contributed by atoms with van der Waals surface area (Å²) in [5.74, 6) is 0.210. The van der Waals surface area contributed by atoms with Crippen molar-refractivity contribution in [2.24, 2.45) is 0 Å². The van der Waals surface area contributed by atoms with E-state index in [9.17, 15) is 9.59 Å². The van der Waals surface area contributed by atoms with Gasteiger partial charge in [-0.3, -0.25) is 14.2 Å². The lowest BCUT2D eigenvalue weighted by Gasteiger charge is -2.23. The minimum Gasteiger partial charge on any atom is -0.308 e. The van der Waals surface area contributed by atoms with E-state index >= 15 is 0 Å². The molecule has 1 aliphatic rings. The highest BCUT2D eigenvalue weighted by molar-refractivity contribution is 7.99. The molecule has 1 unspecified atom stereocenters. The van der Waals surface area contributed by atoms with Crippen LogP contribution >= 0.6 is 23.1 Å². The van der Waals surface area contributed by atoms with Gasteiger partial charge in [0.25, 0.3) is 5.56 Å². The molecule has 0 saturated carbocycles. The third kappa shape index (κ3) is 4.36. The zero-order valence-electron chi connectivity index (χ0n) is 21.5. The number of fused-ring (bicyclic) bond motifs is 2. The summed E-state index contributed by atoms with van der Waals surface area (Å²) in [6.45, 7) is 6.09. The Morgan fingerprint density at radius 1 is 1.00 bits per heavy atom. The predicted molar refractivity (Wildman–Crippen MR) is 158 cm³/mol. The van der Waals surface area contributed by atoms with Gasteiger partial charge in [0.15, 0.2) is 5.16 Å². The average Bonchev–Trinajstić information content (AvgIpc) is 3.50. The molecule has 0 radical (unpaired) electrons. The van der Waals surface area contributed by atoms with E-state index in [1.165, 1.54) is 28.7 Å². The van der Waals surface area contributed by atoms with Crippen molar-refractivity contribution in [2.45, 2.75) is 38.4 Å². The van der Waals surface area contributed by atoms with Crippen molar-refractivity contribution in [3.05, 3.63) is 106 Å². The maximum absolute atomic E-state index is 14.0. The lowest BCUT2D eigenvalue weighted by atomic mass is 10.1. The van der Waals surface area contributed by atoms with Crippen molar-refractivity contribution in [1.82, 2.24) is 9.55 Å². The second-order valence-corrected chi connectivity index (χ2v) is 11.7. The number of hydrogen-bond acceptors (Lipinski definition) is 5. The number of carbonyl (C=O) groups is 1. The molecule has 0 N–H and O–H groups in total. The van der Waals surface area contributed by atoms with Crippen molar-refractivity contribution in [2.75, 3.05) is 10.7 Å². The fourth-order valence-electron chi connectivity index (χ4n) is 5.11. The Hall–Kier alpha value is -3.68. The molecule has 5 aromatic rings. The van der Waals surface area contributed by atoms with Gasteiger partial charge in [-0.1, -0.05) is 72.4 Å². The molecule has 0 bridgehead atoms. The lowest BCUT2D eigenvalue weighted by Crippen LogP contribution is -2.37. The number of amides is 1. The molecule has 1 amide bonds. The van der Waals surface area contributed by atoms with Gasteiger partial charge in [0.1, 0.15) is 4.70 Å². The number of rotatable bonds is 5. The summed E-state index contributed by atoms with van der Waals surface area (Å²) in [5.41, 5.74) is 6.62. The SMILES string of the molecule is Cc1ccc(C)c(-n2c(SCC(=O)N3c4ccccc4CC3C)nc3cc(-c4ccccc4)sc3c2=O)c1. The topological polar surface area (TPSA) is 55.2 Å². The van der Waals surface area contributed by atoms with E-state index in [4.69, 9.17) is 4.98 Å². The summed E-state index contributed by atoms with van der Waals surface area (Å²) in [7, 11) is 0. The van der Waals surface area contributed by atoms with Gasteiger partial charge >= 0.3 is 0 Å². The minimum atomic E-state index is -0.106. The summed E-state index contributed by atoms with van der Waals surface area (Å²) in [5, 5.41) is 0.530. The molecule has 0 saturated heterocycles. The highest BCUT2D eigenvalue weighted by atomic mass is 32.2. The zero-order chi connectivity index (χ0) is 26.4. The Labute approximate surface area is 229 Å². The molecule has 1 atom stereocenters. The van der Waals surface area contributed by atoms with Crippen molar-refractivity contribution in [1.29, 1.82) is 0 Å². The summed E-state index contributed by atoms with van der Waals surface area (Å²) in [4.78, 5) is 35.3. The molecule has 0 spiro atoms. The van der Waals surface area contributed by atoms with Gasteiger partial charge in [-0.25, -0.2) is 4.98 Å². The van der Waals surface area contributed by atoms with Gasteiger partial charge in [0.05, 0.1) is 17.0 Å². The van der Waals surface area contributed by atoms with Crippen molar-refractivity contribution in [3.63, 3.8) is 0 Å². The summed E-state index contributed by atoms with van der Waals surface area (Å²) >= 11 is 2.79. The Morgan fingerprint density at radius 3 is 2.58 bits per heavy atom. The summed E-state index contributed by atoms with van der Waals surface area (Å²) < 4.78 is 2.30. The second-order valence-electron chi connectivity index (χ2n) is 9.75. The van der Waals surface area contributed by atoms with Gasteiger partial charge in [0, 0.05) is 16.6 Å². The number of aromatic nitrogens is 2. The molecule has 2 aromatic heterocycles. The fourth-order valence-corrected chi connectivity index (χ4v) is 7.01. The van der Waals surface area contributed by atoms with Gasteiger partial charge in [0.2, 0.25) is 5.91 Å². The van der Waals surface area contributed by atoms with Gasteiger partial charge in [-0.2, -0.15) is 0 Å². The van der Waals surface area contributed by atoms with Crippen LogP contribution in [0.2, 0.25) is 0 Å². The maximum Gasteiger partial charge on any atom is 0.276 e. The third-order valence-electron chi connectivity index (χ3n) is 6.98. The second kappa shape index (κ2) is 9.89. The Morgan fingerprint density at radius 2 is 1.76 bits per heavy atom. The molecule has 38 heavy (non-hydrogen) atoms. The van der Waals surface area contributed by atoms with E-state index in [0.717, 1.165) is 39.4 Å². The first-order valence-electron chi connectivity index (χ1n) is 12.6. The number of benzene rings is 3. The van der Waals surface area contributed by atoms with E-state index < -0.39 is 0 Å². The molecule has 7 heteroatoms. The van der Waals surface area contributed by atoms with E-state index in [-0.39, 0.29) is 23.3 Å². The van der Waals surface area contributed by atoms with Crippen LogP contribution in [-0.4, -0.2) is 27.3 Å². The number of nitrogens with zero attached hydrogens (tertiary/aromatic N) is 3. The van der Waals surface area contributed by atoms with Crippen LogP contribution < -0.4 is 10.5 Å². The number of hydrogen-bond donors (Lipinski definition) is 0. The van der Waals surface area contributed by atoms with Crippen LogP contribution in [0, 0.1) is 13.8 Å². The highest BCUT2D eigenvalue weighted by Gasteiger charge is 2.31. The quantitative estimate of drug-likeness (QED) is 0.183. The zero-order valence-corrected chi connectivity index (χ0v) is 23.1. The van der Waals surface area contributed by atoms with Crippen LogP contribution in [0.5, 0.6) is 0 Å². The molecule has 1 aliphatic heterocycles. The number of carbonyl (C=O) groups excluding carboxylic acids is 1. The number of para-hydroxylation sites is 1. The maximum atomic E-state index is 14.0. The molecule has 5 nitrogen and oxygen atoms in total. The van der Waals surface area contributed by atoms with Crippen LogP contribution in [0.3, 0.4) is 0 Å². The van der Waals surface area contributed by atoms with Crippen LogP contribution in [0.1, 0.15) is 23.6 Å².